The maximum Gasteiger partial charge on any atom is 0.237 e. The molecule has 0 saturated heterocycles. The molecule has 154 valence electrons. The van der Waals surface area contributed by atoms with Gasteiger partial charge in [-0.2, -0.15) is 0 Å². The Morgan fingerprint density at radius 1 is 1.07 bits per heavy atom. The zero-order valence-electron chi connectivity index (χ0n) is 17.2. The minimum Gasteiger partial charge on any atom is -0.493 e. The van der Waals surface area contributed by atoms with Crippen LogP contribution in [0.15, 0.2) is 59.6 Å². The Morgan fingerprint density at radius 3 is 2.60 bits per heavy atom. The molecule has 4 rings (SSSR count). The molecule has 0 fully saturated rings. The van der Waals surface area contributed by atoms with Crippen molar-refractivity contribution in [2.45, 2.75) is 24.4 Å². The van der Waals surface area contributed by atoms with E-state index in [1.807, 2.05) is 53.4 Å². The molecule has 0 saturated carbocycles. The predicted molar refractivity (Wildman–Crippen MR) is 118 cm³/mol. The molecule has 0 aliphatic carbocycles. The van der Waals surface area contributed by atoms with Crippen molar-refractivity contribution < 1.29 is 14.3 Å². The first-order valence-electron chi connectivity index (χ1n) is 9.69. The lowest BCUT2D eigenvalue weighted by Gasteiger charge is -2.22. The predicted octanol–water partition coefficient (Wildman–Crippen LogP) is 4.23. The Hall–Kier alpha value is -3.06. The fourth-order valence-electron chi connectivity index (χ4n) is 3.70. The fourth-order valence-corrected chi connectivity index (χ4v) is 4.37. The lowest BCUT2D eigenvalue weighted by atomic mass is 10.1. The summed E-state index contributed by atoms with van der Waals surface area (Å²) >= 11 is 1.40. The molecule has 1 aliphatic rings. The van der Waals surface area contributed by atoms with Crippen molar-refractivity contribution in [2.24, 2.45) is 0 Å². The number of rotatable bonds is 6. The average molecular weight is 422 g/mol. The van der Waals surface area contributed by atoms with Crippen LogP contribution in [0.1, 0.15) is 12.5 Å². The van der Waals surface area contributed by atoms with E-state index < -0.39 is 0 Å². The number of nitrogens with zero attached hydrogens (tertiary/aromatic N) is 3. The Labute approximate surface area is 180 Å². The summed E-state index contributed by atoms with van der Waals surface area (Å²) in [7, 11) is 3.20. The van der Waals surface area contributed by atoms with Crippen LogP contribution in [0, 0.1) is 0 Å². The summed E-state index contributed by atoms with van der Waals surface area (Å²) in [5.74, 6) is 1.71. The van der Waals surface area contributed by atoms with Gasteiger partial charge in [0.25, 0.3) is 0 Å². The molecule has 1 amide bonds. The van der Waals surface area contributed by atoms with E-state index in [-0.39, 0.29) is 11.9 Å². The lowest BCUT2D eigenvalue weighted by molar-refractivity contribution is -0.116. The number of amides is 1. The normalized spacial score (nSPS) is 15.0. The fraction of sp³-hybridized carbons (Fsp3) is 0.261. The second kappa shape index (κ2) is 8.75. The quantitative estimate of drug-likeness (QED) is 0.555. The zero-order chi connectivity index (χ0) is 21.1. The first-order chi connectivity index (χ1) is 14.6. The highest BCUT2D eigenvalue weighted by Gasteiger charge is 2.30. The highest BCUT2D eigenvalue weighted by Crippen LogP contribution is 2.33. The van der Waals surface area contributed by atoms with Gasteiger partial charge in [-0.25, -0.2) is 0 Å². The van der Waals surface area contributed by atoms with Crippen LogP contribution in [0.25, 0.3) is 11.3 Å². The van der Waals surface area contributed by atoms with Gasteiger partial charge < -0.3 is 14.4 Å². The molecule has 3 aromatic rings. The van der Waals surface area contributed by atoms with Crippen molar-refractivity contribution >= 4 is 23.4 Å². The summed E-state index contributed by atoms with van der Waals surface area (Å²) in [6.45, 7) is 2.08. The molecular formula is C23H23N3O3S. The molecule has 0 spiro atoms. The Morgan fingerprint density at radius 2 is 1.87 bits per heavy atom. The third-order valence-electron chi connectivity index (χ3n) is 5.14. The summed E-state index contributed by atoms with van der Waals surface area (Å²) in [5.41, 5.74) is 3.86. The highest BCUT2D eigenvalue weighted by molar-refractivity contribution is 7.99. The third kappa shape index (κ3) is 3.98. The molecule has 0 unspecified atom stereocenters. The van der Waals surface area contributed by atoms with Crippen molar-refractivity contribution in [3.8, 4) is 22.8 Å². The number of ether oxygens (including phenoxy) is 2. The lowest BCUT2D eigenvalue weighted by Crippen LogP contribution is -2.36. The molecule has 0 radical (unpaired) electrons. The van der Waals surface area contributed by atoms with Gasteiger partial charge in [-0.1, -0.05) is 30.0 Å². The van der Waals surface area contributed by atoms with Gasteiger partial charge in [0.05, 0.1) is 25.7 Å². The van der Waals surface area contributed by atoms with Crippen molar-refractivity contribution in [1.82, 2.24) is 10.2 Å². The van der Waals surface area contributed by atoms with Crippen LogP contribution in [0.2, 0.25) is 0 Å². The molecular weight excluding hydrogens is 398 g/mol. The van der Waals surface area contributed by atoms with Crippen molar-refractivity contribution in [3.63, 3.8) is 0 Å². The van der Waals surface area contributed by atoms with Crippen LogP contribution in [0.4, 0.5) is 5.69 Å². The van der Waals surface area contributed by atoms with Gasteiger partial charge in [-0.15, -0.1) is 10.2 Å². The average Bonchev–Trinajstić information content (AvgIpc) is 3.13. The Bertz CT molecular complexity index is 1060. The van der Waals surface area contributed by atoms with E-state index in [0.717, 1.165) is 23.4 Å². The van der Waals surface area contributed by atoms with Crippen LogP contribution in [-0.4, -0.2) is 42.1 Å². The largest absolute Gasteiger partial charge is 0.493 e. The highest BCUT2D eigenvalue weighted by atomic mass is 32.2. The SMILES string of the molecule is COc1ccc(-c2ccc(SCC(=O)N3c4ccccc4C[C@@H]3C)nn2)cc1OC. The van der Waals surface area contributed by atoms with E-state index in [2.05, 4.69) is 23.2 Å². The van der Waals surface area contributed by atoms with E-state index in [1.54, 1.807) is 14.2 Å². The van der Waals surface area contributed by atoms with Gasteiger partial charge in [0.2, 0.25) is 5.91 Å². The van der Waals surface area contributed by atoms with E-state index in [4.69, 9.17) is 9.47 Å². The van der Waals surface area contributed by atoms with E-state index in [1.165, 1.54) is 17.3 Å². The summed E-state index contributed by atoms with van der Waals surface area (Å²) < 4.78 is 10.6. The Kier molecular flexibility index (Phi) is 5.90. The molecule has 0 bridgehead atoms. The second-order valence-corrected chi connectivity index (χ2v) is 8.06. The van der Waals surface area contributed by atoms with E-state index in [0.29, 0.717) is 22.3 Å². The van der Waals surface area contributed by atoms with Crippen LogP contribution in [0.5, 0.6) is 11.5 Å². The number of hydrogen-bond acceptors (Lipinski definition) is 6. The van der Waals surface area contributed by atoms with Gasteiger partial charge in [-0.3, -0.25) is 4.79 Å². The van der Waals surface area contributed by atoms with Gasteiger partial charge in [-0.05, 0) is 55.3 Å². The molecule has 1 aromatic heterocycles. The monoisotopic (exact) mass is 421 g/mol. The minimum absolute atomic E-state index is 0.0863. The van der Waals surface area contributed by atoms with Gasteiger partial charge >= 0.3 is 0 Å². The summed E-state index contributed by atoms with van der Waals surface area (Å²) in [4.78, 5) is 14.7. The van der Waals surface area contributed by atoms with Crippen molar-refractivity contribution in [3.05, 3.63) is 60.2 Å². The summed E-state index contributed by atoms with van der Waals surface area (Å²) in [5, 5.41) is 9.31. The topological polar surface area (TPSA) is 64.5 Å². The second-order valence-electron chi connectivity index (χ2n) is 7.06. The summed E-state index contributed by atoms with van der Waals surface area (Å²) in [6.07, 6.45) is 0.895. The number of methoxy groups -OCH3 is 2. The number of para-hydroxylation sites is 1. The molecule has 2 heterocycles. The summed E-state index contributed by atoms with van der Waals surface area (Å²) in [6, 6.07) is 17.7. The minimum atomic E-state index is 0.0863. The number of carbonyl (C=O) groups excluding carboxylic acids is 1. The molecule has 1 aliphatic heterocycles. The van der Waals surface area contributed by atoms with Crippen LogP contribution in [0.3, 0.4) is 0 Å². The smallest absolute Gasteiger partial charge is 0.237 e. The zero-order valence-corrected chi connectivity index (χ0v) is 18.0. The third-order valence-corrected chi connectivity index (χ3v) is 6.04. The van der Waals surface area contributed by atoms with Crippen LogP contribution < -0.4 is 14.4 Å². The first-order valence-corrected chi connectivity index (χ1v) is 10.7. The number of hydrogen-bond donors (Lipinski definition) is 0. The number of benzene rings is 2. The molecule has 0 N–H and O–H groups in total. The molecule has 2 aromatic carbocycles. The standard InChI is InChI=1S/C23H23N3O3S/c1-15-12-17-6-4-5-7-19(17)26(15)23(27)14-30-22-11-9-18(24-25-22)16-8-10-20(28-2)21(13-16)29-3/h4-11,13,15H,12,14H2,1-3H3/t15-/m0/s1. The molecule has 7 heteroatoms. The molecule has 30 heavy (non-hydrogen) atoms. The van der Waals surface area contributed by atoms with Gasteiger partial charge in [0, 0.05) is 17.3 Å². The van der Waals surface area contributed by atoms with E-state index >= 15 is 0 Å². The number of aromatic nitrogens is 2. The maximum absolute atomic E-state index is 12.8. The van der Waals surface area contributed by atoms with Crippen LogP contribution >= 0.6 is 11.8 Å². The number of carbonyl (C=O) groups is 1. The van der Waals surface area contributed by atoms with Crippen LogP contribution in [-0.2, 0) is 11.2 Å². The number of thioether (sulfide) groups is 1. The molecule has 6 nitrogen and oxygen atoms in total. The number of fused-ring (bicyclic) bond motifs is 1. The van der Waals surface area contributed by atoms with E-state index in [9.17, 15) is 4.79 Å². The van der Waals surface area contributed by atoms with Crippen molar-refractivity contribution in [1.29, 1.82) is 0 Å². The Balaban J connectivity index is 1.43. The van der Waals surface area contributed by atoms with Gasteiger partial charge in [0.15, 0.2) is 11.5 Å². The molecule has 1 atom stereocenters. The first kappa shape index (κ1) is 20.2. The van der Waals surface area contributed by atoms with Gasteiger partial charge in [0.1, 0.15) is 5.03 Å². The maximum atomic E-state index is 12.8. The number of anilines is 1. The van der Waals surface area contributed by atoms with Crippen molar-refractivity contribution in [2.75, 3.05) is 24.9 Å².